The van der Waals surface area contributed by atoms with E-state index in [2.05, 4.69) is 41.5 Å². The molecule has 1 aliphatic heterocycles. The number of hydrogen-bond donors (Lipinski definition) is 4. The highest BCUT2D eigenvalue weighted by Gasteiger charge is 2.25. The van der Waals surface area contributed by atoms with Crippen LogP contribution in [0.2, 0.25) is 0 Å². The second-order valence-electron chi connectivity index (χ2n) is 6.47. The minimum atomic E-state index is -3.74. The van der Waals surface area contributed by atoms with Gasteiger partial charge < -0.3 is 5.21 Å². The van der Waals surface area contributed by atoms with Crippen LogP contribution in [0.25, 0.3) is 0 Å². The molecule has 0 aliphatic carbocycles. The Kier molecular flexibility index (Phi) is 6.79. The van der Waals surface area contributed by atoms with Crippen LogP contribution in [0.3, 0.4) is 0 Å². The smallest absolute Gasteiger partial charge is 0.274 e. The third kappa shape index (κ3) is 5.93. The first-order chi connectivity index (χ1) is 13.7. The van der Waals surface area contributed by atoms with Crippen molar-refractivity contribution in [2.45, 2.75) is 25.3 Å². The number of nitrogens with zero attached hydrogens (tertiary/aromatic N) is 4. The molecule has 0 atom stereocenters. The average Bonchev–Trinajstić information content (AvgIpc) is 3.11. The quantitative estimate of drug-likeness (QED) is 0.253. The van der Waals surface area contributed by atoms with Gasteiger partial charge in [0.2, 0.25) is 5.82 Å². The van der Waals surface area contributed by atoms with Crippen molar-refractivity contribution in [1.29, 1.82) is 0 Å². The molecular formula is C15H19BrFN7O4S. The van der Waals surface area contributed by atoms with Crippen molar-refractivity contribution in [1.82, 2.24) is 20.0 Å². The van der Waals surface area contributed by atoms with Crippen molar-refractivity contribution < 1.29 is 22.6 Å². The fraction of sp³-hybridized carbons (Fsp3) is 0.400. The molecule has 0 radical (unpaired) electrons. The zero-order valence-electron chi connectivity index (χ0n) is 15.0. The summed E-state index contributed by atoms with van der Waals surface area (Å²) in [5, 5.41) is 27.1. The molecule has 0 amide bonds. The van der Waals surface area contributed by atoms with Crippen molar-refractivity contribution in [3.8, 4) is 0 Å². The summed E-state index contributed by atoms with van der Waals surface area (Å²) >= 11 is 3.12. The van der Waals surface area contributed by atoms with Gasteiger partial charge in [-0.2, -0.15) is 13.1 Å². The van der Waals surface area contributed by atoms with Gasteiger partial charge in [0.25, 0.3) is 10.2 Å². The fourth-order valence-corrected chi connectivity index (χ4v) is 4.08. The van der Waals surface area contributed by atoms with E-state index in [4.69, 9.17) is 9.77 Å². The predicted octanol–water partition coefficient (Wildman–Crippen LogP) is 0.977. The lowest BCUT2D eigenvalue weighted by Gasteiger charge is -2.31. The van der Waals surface area contributed by atoms with Crippen LogP contribution in [0.5, 0.6) is 0 Å². The molecule has 0 spiro atoms. The lowest BCUT2D eigenvalue weighted by atomic mass is 10.1. The molecule has 29 heavy (non-hydrogen) atoms. The second-order valence-corrected chi connectivity index (χ2v) is 8.65. The number of oxime groups is 1. The van der Waals surface area contributed by atoms with Crippen molar-refractivity contribution in [2.24, 2.45) is 10.3 Å². The number of halogens is 2. The number of aromatic nitrogens is 2. The zero-order chi connectivity index (χ0) is 21.0. The van der Waals surface area contributed by atoms with E-state index in [1.54, 1.807) is 12.1 Å². The fourth-order valence-electron chi connectivity index (χ4n) is 2.95. The van der Waals surface area contributed by atoms with E-state index in [1.807, 2.05) is 5.01 Å². The first kappa shape index (κ1) is 21.6. The third-order valence-corrected chi connectivity index (χ3v) is 5.60. The van der Waals surface area contributed by atoms with Crippen molar-refractivity contribution in [3.63, 3.8) is 0 Å². The van der Waals surface area contributed by atoms with Gasteiger partial charge >= 0.3 is 0 Å². The molecule has 2 heterocycles. The average molecular weight is 492 g/mol. The van der Waals surface area contributed by atoms with Gasteiger partial charge in [-0.25, -0.2) is 19.2 Å². The summed E-state index contributed by atoms with van der Waals surface area (Å²) in [6.07, 6.45) is 1.24. The lowest BCUT2D eigenvalue weighted by Crippen LogP contribution is -2.48. The van der Waals surface area contributed by atoms with Crippen molar-refractivity contribution in [2.75, 3.05) is 18.5 Å². The highest BCUT2D eigenvalue weighted by atomic mass is 79.9. The van der Waals surface area contributed by atoms with Gasteiger partial charge in [0.15, 0.2) is 5.69 Å². The van der Waals surface area contributed by atoms with Crippen LogP contribution in [-0.2, 0) is 16.6 Å². The second kappa shape index (κ2) is 9.13. The van der Waals surface area contributed by atoms with Crippen LogP contribution < -0.4 is 15.3 Å². The molecule has 5 N–H and O–H groups in total. The number of nitrogens with one attached hydrogen (secondary N) is 2. The topological polar surface area (TPSA) is 159 Å². The molecule has 1 aromatic heterocycles. The van der Waals surface area contributed by atoms with Crippen molar-refractivity contribution >= 4 is 37.7 Å². The van der Waals surface area contributed by atoms with E-state index in [1.165, 1.54) is 6.07 Å². The number of anilines is 1. The first-order valence-corrected chi connectivity index (χ1v) is 10.9. The van der Waals surface area contributed by atoms with Crippen LogP contribution in [0.1, 0.15) is 24.1 Å². The lowest BCUT2D eigenvalue weighted by molar-refractivity contribution is 0.241. The van der Waals surface area contributed by atoms with Gasteiger partial charge in [-0.1, -0.05) is 11.2 Å². The summed E-state index contributed by atoms with van der Waals surface area (Å²) in [5.41, 5.74) is 4.10. The minimum absolute atomic E-state index is 0.165. The first-order valence-electron chi connectivity index (χ1n) is 8.54. The summed E-state index contributed by atoms with van der Waals surface area (Å²) in [4.78, 5) is 0. The molecule has 1 aromatic carbocycles. The highest BCUT2D eigenvalue weighted by Crippen LogP contribution is 2.21. The Morgan fingerprint density at radius 2 is 2.14 bits per heavy atom. The van der Waals surface area contributed by atoms with Crippen LogP contribution >= 0.6 is 15.9 Å². The van der Waals surface area contributed by atoms with E-state index >= 15 is 0 Å². The molecule has 3 rings (SSSR count). The third-order valence-electron chi connectivity index (χ3n) is 4.33. The molecule has 158 valence electrons. The molecule has 1 saturated heterocycles. The van der Waals surface area contributed by atoms with Gasteiger partial charge in [0.1, 0.15) is 11.5 Å². The normalized spacial score (nSPS) is 16.9. The maximum absolute atomic E-state index is 13.4. The Hall–Kier alpha value is -2.13. The molecule has 11 nitrogen and oxygen atoms in total. The molecule has 14 heteroatoms. The van der Waals surface area contributed by atoms with E-state index in [0.717, 1.165) is 0 Å². The monoisotopic (exact) mass is 491 g/mol. The molecule has 2 aromatic rings. The number of benzene rings is 1. The summed E-state index contributed by atoms with van der Waals surface area (Å²) in [5.74, 6) is -0.154. The maximum atomic E-state index is 13.4. The predicted molar refractivity (Wildman–Crippen MR) is 105 cm³/mol. The largest absolute Gasteiger partial charge is 0.411 e. The van der Waals surface area contributed by atoms with Gasteiger partial charge in [-0.15, -0.1) is 0 Å². The summed E-state index contributed by atoms with van der Waals surface area (Å²) in [6.45, 7) is 1.02. The van der Waals surface area contributed by atoms with Crippen LogP contribution in [-0.4, -0.2) is 53.8 Å². The summed E-state index contributed by atoms with van der Waals surface area (Å²) in [7, 11) is -3.74. The minimum Gasteiger partial charge on any atom is -0.411 e. The van der Waals surface area contributed by atoms with Gasteiger partial charge in [0.05, 0.1) is 4.47 Å². The van der Waals surface area contributed by atoms with E-state index in [0.29, 0.717) is 36.0 Å². The zero-order valence-corrected chi connectivity index (χ0v) is 17.4. The molecule has 0 unspecified atom stereocenters. The standard InChI is InChI=1S/C15H19BrFN7O4S/c16-11-7-9(1-2-12(11)17)8-13(20-25)14-15(22-28-21-14)19-24-5-3-10(4-6-24)23-29(18,26)27/h1-2,7,10,23,25H,3-6,8H2,(H,19,22)(H2,18,26,27). The molecule has 1 aliphatic rings. The van der Waals surface area contributed by atoms with Gasteiger partial charge in [0, 0.05) is 25.6 Å². The number of hydrogen-bond acceptors (Lipinski definition) is 9. The summed E-state index contributed by atoms with van der Waals surface area (Å²) in [6, 6.07) is 4.19. The summed E-state index contributed by atoms with van der Waals surface area (Å²) < 4.78 is 43.1. The number of nitrogens with two attached hydrogens (primary N) is 1. The highest BCUT2D eigenvalue weighted by molar-refractivity contribution is 9.10. The molecule has 1 fully saturated rings. The number of piperidine rings is 1. The van der Waals surface area contributed by atoms with Gasteiger partial charge in [-0.05, 0) is 56.8 Å². The number of rotatable bonds is 7. The maximum Gasteiger partial charge on any atom is 0.274 e. The Labute approximate surface area is 174 Å². The van der Waals surface area contributed by atoms with Crippen LogP contribution in [0, 0.1) is 5.82 Å². The molecular weight excluding hydrogens is 473 g/mol. The van der Waals surface area contributed by atoms with Gasteiger partial charge in [-0.3, -0.25) is 5.43 Å². The van der Waals surface area contributed by atoms with E-state index in [9.17, 15) is 18.0 Å². The van der Waals surface area contributed by atoms with Crippen LogP contribution in [0.15, 0.2) is 32.5 Å². The Bertz CT molecular complexity index is 992. The molecule has 0 saturated carbocycles. The number of hydrazine groups is 1. The Morgan fingerprint density at radius 1 is 1.41 bits per heavy atom. The Morgan fingerprint density at radius 3 is 2.76 bits per heavy atom. The van der Waals surface area contributed by atoms with Crippen LogP contribution in [0.4, 0.5) is 10.2 Å². The van der Waals surface area contributed by atoms with Crippen molar-refractivity contribution in [3.05, 3.63) is 39.7 Å². The van der Waals surface area contributed by atoms with E-state index in [-0.39, 0.29) is 29.7 Å². The Balaban J connectivity index is 1.65. The van der Waals surface area contributed by atoms with E-state index < -0.39 is 16.0 Å². The molecule has 0 bridgehead atoms. The SMILES string of the molecule is NS(=O)(=O)NC1CCN(Nc2nonc2C(Cc2ccc(F)c(Br)c2)=NO)CC1.